The van der Waals surface area contributed by atoms with Crippen LogP contribution in [0.15, 0.2) is 51.7 Å². The number of rotatable bonds is 10. The number of hydrogen-bond acceptors (Lipinski definition) is 5. The molecule has 0 spiro atoms. The molecule has 29 heavy (non-hydrogen) atoms. The summed E-state index contributed by atoms with van der Waals surface area (Å²) in [4.78, 5) is 5.32. The van der Waals surface area contributed by atoms with Gasteiger partial charge < -0.3 is 15.4 Å². The number of aliphatic imine (C=N–C) groups is 1. The maximum absolute atomic E-state index is 11.3. The standard InChI is InChI=1S/C19H28N4O3S2.HI/c1-3-21-19(23-14-17-10-11-18(27-17)28(20,24)25)22-12-7-13-26-15(2)16-8-5-4-6-9-16;/h4-6,8-11,15H,3,7,12-14H2,1-2H3,(H2,20,24,25)(H2,21,22,23);1H. The van der Waals surface area contributed by atoms with E-state index in [2.05, 4.69) is 27.8 Å². The smallest absolute Gasteiger partial charge is 0.247 e. The van der Waals surface area contributed by atoms with Crippen LogP contribution in [0.1, 0.15) is 36.8 Å². The zero-order valence-electron chi connectivity index (χ0n) is 16.6. The minimum Gasteiger partial charge on any atom is -0.374 e. The van der Waals surface area contributed by atoms with Crippen LogP contribution in [0.25, 0.3) is 0 Å². The number of sulfonamides is 1. The minimum atomic E-state index is -3.65. The van der Waals surface area contributed by atoms with Gasteiger partial charge in [-0.2, -0.15) is 0 Å². The Morgan fingerprint density at radius 2 is 1.93 bits per heavy atom. The summed E-state index contributed by atoms with van der Waals surface area (Å²) in [7, 11) is -3.65. The van der Waals surface area contributed by atoms with E-state index in [1.54, 1.807) is 6.07 Å². The first-order valence-corrected chi connectivity index (χ1v) is 11.6. The summed E-state index contributed by atoms with van der Waals surface area (Å²) in [6.45, 7) is 6.53. The van der Waals surface area contributed by atoms with E-state index in [0.717, 1.165) is 35.7 Å². The number of guanidine groups is 1. The van der Waals surface area contributed by atoms with Crippen molar-refractivity contribution >= 4 is 51.3 Å². The Morgan fingerprint density at radius 1 is 1.21 bits per heavy atom. The summed E-state index contributed by atoms with van der Waals surface area (Å²) < 4.78 is 28.7. The van der Waals surface area contributed by atoms with Crippen LogP contribution in [0.4, 0.5) is 0 Å². The highest BCUT2D eigenvalue weighted by atomic mass is 127. The lowest BCUT2D eigenvalue weighted by Crippen LogP contribution is -2.38. The average molecular weight is 553 g/mol. The molecular weight excluding hydrogens is 523 g/mol. The van der Waals surface area contributed by atoms with Crippen molar-refractivity contribution in [3.8, 4) is 0 Å². The van der Waals surface area contributed by atoms with Gasteiger partial charge in [0.05, 0.1) is 12.6 Å². The SMILES string of the molecule is CCNC(=NCc1ccc(S(N)(=O)=O)s1)NCCCOC(C)c1ccccc1.I. The highest BCUT2D eigenvalue weighted by Crippen LogP contribution is 2.20. The summed E-state index contributed by atoms with van der Waals surface area (Å²) in [6, 6.07) is 13.4. The van der Waals surface area contributed by atoms with Gasteiger partial charge in [-0.1, -0.05) is 30.3 Å². The maximum Gasteiger partial charge on any atom is 0.247 e. The first kappa shape index (κ1) is 25.8. The van der Waals surface area contributed by atoms with Gasteiger partial charge in [-0.05, 0) is 38.0 Å². The second-order valence-corrected chi connectivity index (χ2v) is 9.12. The molecular formula is C19H29IN4O3S2. The van der Waals surface area contributed by atoms with Gasteiger partial charge in [-0.3, -0.25) is 0 Å². The number of nitrogens with zero attached hydrogens (tertiary/aromatic N) is 1. The normalized spacial score (nSPS) is 12.9. The van der Waals surface area contributed by atoms with Crippen LogP contribution in [0.2, 0.25) is 0 Å². The Balaban J connectivity index is 0.00000420. The third-order valence-electron chi connectivity index (χ3n) is 3.91. The van der Waals surface area contributed by atoms with Crippen LogP contribution in [-0.4, -0.2) is 34.1 Å². The summed E-state index contributed by atoms with van der Waals surface area (Å²) in [6.07, 6.45) is 0.908. The summed E-state index contributed by atoms with van der Waals surface area (Å²) in [5.41, 5.74) is 1.17. The van der Waals surface area contributed by atoms with E-state index in [-0.39, 0.29) is 34.3 Å². The zero-order valence-corrected chi connectivity index (χ0v) is 20.6. The lowest BCUT2D eigenvalue weighted by Gasteiger charge is -2.14. The summed E-state index contributed by atoms with van der Waals surface area (Å²) in [5.74, 6) is 0.684. The molecule has 0 aliphatic heterocycles. The molecule has 0 radical (unpaired) electrons. The first-order chi connectivity index (χ1) is 13.4. The van der Waals surface area contributed by atoms with E-state index in [9.17, 15) is 8.42 Å². The monoisotopic (exact) mass is 552 g/mol. The molecule has 4 N–H and O–H groups in total. The topological polar surface area (TPSA) is 106 Å². The number of ether oxygens (including phenoxy) is 1. The molecule has 2 rings (SSSR count). The Morgan fingerprint density at radius 3 is 2.55 bits per heavy atom. The third kappa shape index (κ3) is 9.43. The number of benzene rings is 1. The minimum absolute atomic E-state index is 0. The predicted octanol–water partition coefficient (Wildman–Crippen LogP) is 3.24. The molecule has 162 valence electrons. The fraction of sp³-hybridized carbons (Fsp3) is 0.421. The van der Waals surface area contributed by atoms with Crippen molar-refractivity contribution in [2.45, 2.75) is 37.1 Å². The van der Waals surface area contributed by atoms with E-state index in [4.69, 9.17) is 9.88 Å². The first-order valence-electron chi connectivity index (χ1n) is 9.20. The highest BCUT2D eigenvalue weighted by molar-refractivity contribution is 14.0. The molecule has 0 saturated heterocycles. The van der Waals surface area contributed by atoms with Crippen LogP contribution in [-0.2, 0) is 21.3 Å². The van der Waals surface area contributed by atoms with Crippen molar-refractivity contribution in [2.24, 2.45) is 10.1 Å². The van der Waals surface area contributed by atoms with Crippen LogP contribution in [0.5, 0.6) is 0 Å². The van der Waals surface area contributed by atoms with Crippen molar-refractivity contribution in [3.05, 3.63) is 52.9 Å². The molecule has 0 saturated carbocycles. The number of nitrogens with one attached hydrogen (secondary N) is 2. The maximum atomic E-state index is 11.3. The number of thiophene rings is 1. The number of hydrogen-bond donors (Lipinski definition) is 3. The molecule has 0 fully saturated rings. The fourth-order valence-electron chi connectivity index (χ4n) is 2.45. The van der Waals surface area contributed by atoms with Crippen LogP contribution < -0.4 is 15.8 Å². The molecule has 1 heterocycles. The van der Waals surface area contributed by atoms with Crippen LogP contribution in [0.3, 0.4) is 0 Å². The second kappa shape index (κ2) is 13.2. The Hall–Kier alpha value is -1.21. The quantitative estimate of drug-likeness (QED) is 0.182. The molecule has 1 aromatic heterocycles. The second-order valence-electron chi connectivity index (χ2n) is 6.16. The molecule has 0 amide bonds. The van der Waals surface area contributed by atoms with Gasteiger partial charge in [0, 0.05) is 24.6 Å². The Bertz CT molecular complexity index is 857. The summed E-state index contributed by atoms with van der Waals surface area (Å²) in [5, 5.41) is 11.6. The van der Waals surface area contributed by atoms with Crippen molar-refractivity contribution in [3.63, 3.8) is 0 Å². The summed E-state index contributed by atoms with van der Waals surface area (Å²) >= 11 is 1.14. The number of primary sulfonamides is 1. The molecule has 1 aromatic carbocycles. The third-order valence-corrected chi connectivity index (χ3v) is 6.41. The Labute approximate surface area is 194 Å². The molecule has 7 nitrogen and oxygen atoms in total. The van der Waals surface area contributed by atoms with E-state index in [1.165, 1.54) is 11.6 Å². The molecule has 0 aliphatic carbocycles. The van der Waals surface area contributed by atoms with Crippen molar-refractivity contribution in [2.75, 3.05) is 19.7 Å². The molecule has 10 heteroatoms. The molecule has 1 atom stereocenters. The van der Waals surface area contributed by atoms with E-state index < -0.39 is 10.0 Å². The van der Waals surface area contributed by atoms with Gasteiger partial charge in [0.15, 0.2) is 5.96 Å². The highest BCUT2D eigenvalue weighted by Gasteiger charge is 2.11. The van der Waals surface area contributed by atoms with Crippen molar-refractivity contribution in [1.82, 2.24) is 10.6 Å². The number of halogens is 1. The van der Waals surface area contributed by atoms with Crippen molar-refractivity contribution in [1.29, 1.82) is 0 Å². The number of nitrogens with two attached hydrogens (primary N) is 1. The predicted molar refractivity (Wildman–Crippen MR) is 129 cm³/mol. The van der Waals surface area contributed by atoms with Gasteiger partial charge in [0.1, 0.15) is 4.21 Å². The van der Waals surface area contributed by atoms with E-state index in [1.807, 2.05) is 32.0 Å². The fourth-order valence-corrected chi connectivity index (χ4v) is 4.16. The lowest BCUT2D eigenvalue weighted by molar-refractivity contribution is 0.0646. The molecule has 0 aliphatic rings. The van der Waals surface area contributed by atoms with Gasteiger partial charge in [-0.15, -0.1) is 35.3 Å². The van der Waals surface area contributed by atoms with Crippen LogP contribution in [0, 0.1) is 0 Å². The van der Waals surface area contributed by atoms with Crippen LogP contribution >= 0.6 is 35.3 Å². The van der Waals surface area contributed by atoms with Gasteiger partial charge in [0.2, 0.25) is 10.0 Å². The molecule has 1 unspecified atom stereocenters. The largest absolute Gasteiger partial charge is 0.374 e. The Kier molecular flexibility index (Phi) is 11.7. The molecule has 2 aromatic rings. The van der Waals surface area contributed by atoms with Gasteiger partial charge in [0.25, 0.3) is 0 Å². The van der Waals surface area contributed by atoms with Gasteiger partial charge in [-0.25, -0.2) is 18.5 Å². The molecule has 0 bridgehead atoms. The average Bonchev–Trinajstić information content (AvgIpc) is 3.16. The zero-order chi connectivity index (χ0) is 20.4. The lowest BCUT2D eigenvalue weighted by atomic mass is 10.1. The van der Waals surface area contributed by atoms with Crippen molar-refractivity contribution < 1.29 is 13.2 Å². The van der Waals surface area contributed by atoms with E-state index in [0.29, 0.717) is 19.1 Å². The van der Waals surface area contributed by atoms with Gasteiger partial charge >= 0.3 is 0 Å². The van der Waals surface area contributed by atoms with E-state index >= 15 is 0 Å².